The van der Waals surface area contributed by atoms with Gasteiger partial charge in [0.2, 0.25) is 17.8 Å². The van der Waals surface area contributed by atoms with Crippen LogP contribution in [-0.2, 0) is 4.79 Å². The van der Waals surface area contributed by atoms with Gasteiger partial charge in [-0.15, -0.1) is 21.8 Å². The Kier molecular flexibility index (Phi) is 4.25. The maximum absolute atomic E-state index is 12.3. The minimum Gasteiger partial charge on any atom is -0.454 e. The SMILES string of the molecule is O=C(Nc1nnc(-c2ccc3c(c2)OCO3)s1)C(Cl)c1ccccc1. The first-order valence-electron chi connectivity index (χ1n) is 7.44. The van der Waals surface area contributed by atoms with Crippen molar-refractivity contribution in [2.75, 3.05) is 12.1 Å². The molecule has 2 aromatic carbocycles. The Balaban J connectivity index is 1.49. The van der Waals surface area contributed by atoms with Crippen LogP contribution in [0.3, 0.4) is 0 Å². The number of fused-ring (bicyclic) bond motifs is 1. The van der Waals surface area contributed by atoms with Crippen molar-refractivity contribution >= 4 is 34.0 Å². The zero-order valence-electron chi connectivity index (χ0n) is 12.8. The molecule has 0 radical (unpaired) electrons. The lowest BCUT2D eigenvalue weighted by molar-refractivity contribution is -0.116. The molecular weight excluding hydrogens is 362 g/mol. The number of aromatic nitrogens is 2. The molecule has 0 saturated carbocycles. The van der Waals surface area contributed by atoms with E-state index in [9.17, 15) is 4.79 Å². The summed E-state index contributed by atoms with van der Waals surface area (Å²) in [5, 5.41) is 11.1. The minimum absolute atomic E-state index is 0.215. The summed E-state index contributed by atoms with van der Waals surface area (Å²) >= 11 is 7.47. The van der Waals surface area contributed by atoms with Crippen molar-refractivity contribution < 1.29 is 14.3 Å². The van der Waals surface area contributed by atoms with Crippen LogP contribution in [0.25, 0.3) is 10.6 Å². The van der Waals surface area contributed by atoms with E-state index in [0.29, 0.717) is 21.6 Å². The molecule has 2 heterocycles. The Morgan fingerprint density at radius 2 is 1.92 bits per heavy atom. The number of anilines is 1. The number of halogens is 1. The largest absolute Gasteiger partial charge is 0.454 e. The van der Waals surface area contributed by atoms with Gasteiger partial charge < -0.3 is 9.47 Å². The van der Waals surface area contributed by atoms with Crippen LogP contribution >= 0.6 is 22.9 Å². The van der Waals surface area contributed by atoms with Crippen molar-refractivity contribution in [2.24, 2.45) is 0 Å². The Hall–Kier alpha value is -2.64. The van der Waals surface area contributed by atoms with Crippen LogP contribution in [0.15, 0.2) is 48.5 Å². The fourth-order valence-corrected chi connectivity index (χ4v) is 3.31. The number of nitrogens with one attached hydrogen (secondary N) is 1. The molecule has 0 spiro atoms. The number of carbonyl (C=O) groups is 1. The second-order valence-electron chi connectivity index (χ2n) is 5.24. The maximum atomic E-state index is 12.3. The van der Waals surface area contributed by atoms with E-state index in [-0.39, 0.29) is 12.7 Å². The van der Waals surface area contributed by atoms with Crippen molar-refractivity contribution in [3.05, 3.63) is 54.1 Å². The molecule has 1 aliphatic rings. The van der Waals surface area contributed by atoms with Gasteiger partial charge in [0.25, 0.3) is 0 Å². The van der Waals surface area contributed by atoms with Gasteiger partial charge in [0, 0.05) is 5.56 Å². The number of carbonyl (C=O) groups excluding carboxylic acids is 1. The van der Waals surface area contributed by atoms with Crippen LogP contribution in [0.4, 0.5) is 5.13 Å². The first-order chi connectivity index (χ1) is 12.2. The zero-order chi connectivity index (χ0) is 17.2. The molecule has 1 amide bonds. The quantitative estimate of drug-likeness (QED) is 0.703. The summed E-state index contributed by atoms with van der Waals surface area (Å²) in [6.45, 7) is 0.215. The topological polar surface area (TPSA) is 73.3 Å². The van der Waals surface area contributed by atoms with Crippen LogP contribution in [0, 0.1) is 0 Å². The van der Waals surface area contributed by atoms with E-state index in [1.165, 1.54) is 11.3 Å². The number of hydrogen-bond acceptors (Lipinski definition) is 6. The third kappa shape index (κ3) is 3.29. The molecule has 6 nitrogen and oxygen atoms in total. The third-order valence-corrected chi connectivity index (χ3v) is 4.94. The summed E-state index contributed by atoms with van der Waals surface area (Å²) in [5.41, 5.74) is 1.56. The van der Waals surface area contributed by atoms with Crippen LogP contribution in [0.5, 0.6) is 11.5 Å². The number of hydrogen-bond donors (Lipinski definition) is 1. The normalized spacial score (nSPS) is 13.5. The molecular formula is C17H12ClN3O3S. The monoisotopic (exact) mass is 373 g/mol. The Morgan fingerprint density at radius 1 is 1.12 bits per heavy atom. The molecule has 1 atom stereocenters. The van der Waals surface area contributed by atoms with E-state index in [2.05, 4.69) is 15.5 Å². The summed E-state index contributed by atoms with van der Waals surface area (Å²) in [6, 6.07) is 14.7. The van der Waals surface area contributed by atoms with Gasteiger partial charge in [0.15, 0.2) is 11.5 Å². The van der Waals surface area contributed by atoms with Gasteiger partial charge in [-0.2, -0.15) is 0 Å². The molecule has 1 N–H and O–H groups in total. The van der Waals surface area contributed by atoms with Gasteiger partial charge in [-0.3, -0.25) is 10.1 Å². The van der Waals surface area contributed by atoms with E-state index in [1.807, 2.05) is 36.4 Å². The van der Waals surface area contributed by atoms with Crippen LogP contribution < -0.4 is 14.8 Å². The fourth-order valence-electron chi connectivity index (χ4n) is 2.36. The van der Waals surface area contributed by atoms with Crippen molar-refractivity contribution in [3.63, 3.8) is 0 Å². The third-order valence-electron chi connectivity index (χ3n) is 3.60. The second kappa shape index (κ2) is 6.70. The van der Waals surface area contributed by atoms with Gasteiger partial charge >= 0.3 is 0 Å². The summed E-state index contributed by atoms with van der Waals surface area (Å²) in [4.78, 5) is 12.3. The van der Waals surface area contributed by atoms with Crippen LogP contribution in [-0.4, -0.2) is 22.9 Å². The molecule has 25 heavy (non-hydrogen) atoms. The summed E-state index contributed by atoms with van der Waals surface area (Å²) in [7, 11) is 0. The molecule has 0 fully saturated rings. The van der Waals surface area contributed by atoms with E-state index in [1.54, 1.807) is 12.1 Å². The van der Waals surface area contributed by atoms with Gasteiger partial charge in [-0.1, -0.05) is 41.7 Å². The molecule has 126 valence electrons. The molecule has 3 aromatic rings. The van der Waals surface area contributed by atoms with Crippen molar-refractivity contribution in [3.8, 4) is 22.1 Å². The van der Waals surface area contributed by atoms with Gasteiger partial charge in [-0.25, -0.2) is 0 Å². The van der Waals surface area contributed by atoms with E-state index in [0.717, 1.165) is 11.1 Å². The molecule has 0 bridgehead atoms. The Labute approximate surface area is 152 Å². The minimum atomic E-state index is -0.793. The van der Waals surface area contributed by atoms with Gasteiger partial charge in [-0.05, 0) is 23.8 Å². The lowest BCUT2D eigenvalue weighted by Gasteiger charge is -2.08. The number of ether oxygens (including phenoxy) is 2. The van der Waals surface area contributed by atoms with Crippen LogP contribution in [0.1, 0.15) is 10.9 Å². The lowest BCUT2D eigenvalue weighted by Crippen LogP contribution is -2.17. The van der Waals surface area contributed by atoms with E-state index >= 15 is 0 Å². The number of amides is 1. The predicted octanol–water partition coefficient (Wildman–Crippen LogP) is 3.85. The van der Waals surface area contributed by atoms with Crippen LogP contribution in [0.2, 0.25) is 0 Å². The fraction of sp³-hybridized carbons (Fsp3) is 0.118. The number of nitrogens with zero attached hydrogens (tertiary/aromatic N) is 2. The summed E-state index contributed by atoms with van der Waals surface area (Å²) in [6.07, 6.45) is 0. The van der Waals surface area contributed by atoms with Crippen molar-refractivity contribution in [1.29, 1.82) is 0 Å². The van der Waals surface area contributed by atoms with Crippen molar-refractivity contribution in [2.45, 2.75) is 5.38 Å². The number of benzene rings is 2. The average molecular weight is 374 g/mol. The average Bonchev–Trinajstić information content (AvgIpc) is 3.30. The van der Waals surface area contributed by atoms with Gasteiger partial charge in [0.05, 0.1) is 0 Å². The standard InChI is InChI=1S/C17H12ClN3O3S/c18-14(10-4-2-1-3-5-10)15(22)19-17-21-20-16(25-17)11-6-7-12-13(8-11)24-9-23-12/h1-8,14H,9H2,(H,19,21,22). The highest BCUT2D eigenvalue weighted by atomic mass is 35.5. The number of rotatable bonds is 4. The predicted molar refractivity (Wildman–Crippen MR) is 95.1 cm³/mol. The molecule has 1 aliphatic heterocycles. The molecule has 0 aliphatic carbocycles. The first-order valence-corrected chi connectivity index (χ1v) is 8.69. The van der Waals surface area contributed by atoms with E-state index in [4.69, 9.17) is 21.1 Å². The van der Waals surface area contributed by atoms with Gasteiger partial charge in [0.1, 0.15) is 10.4 Å². The lowest BCUT2D eigenvalue weighted by atomic mass is 10.1. The first kappa shape index (κ1) is 15.9. The molecule has 4 rings (SSSR count). The highest BCUT2D eigenvalue weighted by Crippen LogP contribution is 2.37. The molecule has 1 aromatic heterocycles. The molecule has 8 heteroatoms. The highest BCUT2D eigenvalue weighted by molar-refractivity contribution is 7.18. The van der Waals surface area contributed by atoms with E-state index < -0.39 is 5.38 Å². The highest BCUT2D eigenvalue weighted by Gasteiger charge is 2.20. The zero-order valence-corrected chi connectivity index (χ0v) is 14.4. The van der Waals surface area contributed by atoms with Crippen molar-refractivity contribution in [1.82, 2.24) is 10.2 Å². The second-order valence-corrected chi connectivity index (χ2v) is 6.66. The summed E-state index contributed by atoms with van der Waals surface area (Å²) in [5.74, 6) is 1.03. The maximum Gasteiger partial charge on any atom is 0.248 e. The summed E-state index contributed by atoms with van der Waals surface area (Å²) < 4.78 is 10.6. The Bertz CT molecular complexity index is 917. The number of alkyl halides is 1. The molecule has 1 unspecified atom stereocenters. The Morgan fingerprint density at radius 3 is 2.76 bits per heavy atom. The smallest absolute Gasteiger partial charge is 0.248 e. The molecule has 0 saturated heterocycles.